The average Bonchev–Trinajstić information content (AvgIpc) is 3.54. The molecule has 2 bridgehead atoms. The number of hydrogen-bond acceptors (Lipinski definition) is 5. The summed E-state index contributed by atoms with van der Waals surface area (Å²) in [5.41, 5.74) is 3.74. The summed E-state index contributed by atoms with van der Waals surface area (Å²) in [6, 6.07) is 10.1. The van der Waals surface area contributed by atoms with Crippen LogP contribution in [0.2, 0.25) is 0 Å². The highest BCUT2D eigenvalue weighted by atomic mass is 16.5. The Morgan fingerprint density at radius 1 is 1.09 bits per heavy atom. The summed E-state index contributed by atoms with van der Waals surface area (Å²) < 4.78 is 17.6. The number of fused-ring (bicyclic) bond motifs is 3. The summed E-state index contributed by atoms with van der Waals surface area (Å²) in [5, 5.41) is 3.62. The molecule has 0 aromatic heterocycles. The Bertz CT molecular complexity index is 1080. The second-order valence-corrected chi connectivity index (χ2v) is 15.5. The molecule has 1 aromatic rings. The van der Waals surface area contributed by atoms with Gasteiger partial charge in [0, 0.05) is 17.4 Å². The monoisotopic (exact) mass is 591 g/mol. The predicted molar refractivity (Wildman–Crippen MR) is 171 cm³/mol. The Morgan fingerprint density at radius 3 is 2.72 bits per heavy atom. The van der Waals surface area contributed by atoms with Gasteiger partial charge in [-0.3, -0.25) is 4.79 Å². The zero-order valence-electron chi connectivity index (χ0n) is 27.1. The summed E-state index contributed by atoms with van der Waals surface area (Å²) in [6.45, 7) is 12.3. The molecule has 3 saturated carbocycles. The maximum absolute atomic E-state index is 9.76. The average molecular weight is 592 g/mol. The third kappa shape index (κ3) is 6.51. The van der Waals surface area contributed by atoms with Crippen molar-refractivity contribution in [3.8, 4) is 0 Å². The van der Waals surface area contributed by atoms with Crippen LogP contribution in [0.3, 0.4) is 0 Å². The van der Waals surface area contributed by atoms with E-state index in [1.807, 2.05) is 35.9 Å². The minimum Gasteiger partial charge on any atom is -0.463 e. The van der Waals surface area contributed by atoms with Gasteiger partial charge in [0.15, 0.2) is 0 Å². The van der Waals surface area contributed by atoms with Crippen LogP contribution in [0.25, 0.3) is 0 Å². The first-order chi connectivity index (χ1) is 20.9. The molecule has 0 spiro atoms. The molecule has 0 amide bonds. The summed E-state index contributed by atoms with van der Waals surface area (Å²) in [6.07, 6.45) is 18.4. The van der Waals surface area contributed by atoms with E-state index in [9.17, 15) is 4.79 Å². The summed E-state index contributed by atoms with van der Waals surface area (Å²) in [4.78, 5) is 9.76. The Morgan fingerprint density at radius 2 is 1.95 bits per heavy atom. The number of benzene rings is 1. The van der Waals surface area contributed by atoms with Crippen LogP contribution in [0, 0.1) is 46.3 Å². The molecule has 9 atom stereocenters. The van der Waals surface area contributed by atoms with Crippen molar-refractivity contribution in [1.29, 1.82) is 0 Å². The van der Waals surface area contributed by atoms with Crippen LogP contribution >= 0.6 is 0 Å². The van der Waals surface area contributed by atoms with E-state index in [1.54, 1.807) is 0 Å². The van der Waals surface area contributed by atoms with Crippen LogP contribution in [0.1, 0.15) is 97.0 Å². The fraction of sp³-hybridized carbons (Fsp3) is 0.763. The number of hydrogen-bond donors (Lipinski definition) is 1. The predicted octanol–water partition coefficient (Wildman–Crippen LogP) is 7.73. The lowest BCUT2D eigenvalue weighted by Crippen LogP contribution is -2.60. The molecule has 2 heterocycles. The first-order valence-electron chi connectivity index (χ1n) is 17.7. The van der Waals surface area contributed by atoms with Gasteiger partial charge in [-0.15, -0.1) is 0 Å². The van der Waals surface area contributed by atoms with Crippen LogP contribution in [-0.2, 0) is 25.6 Å². The van der Waals surface area contributed by atoms with Gasteiger partial charge < -0.3 is 19.5 Å². The number of rotatable bonds is 8. The van der Waals surface area contributed by atoms with Crippen molar-refractivity contribution < 1.29 is 19.0 Å². The van der Waals surface area contributed by atoms with Crippen molar-refractivity contribution in [3.63, 3.8) is 0 Å². The maximum atomic E-state index is 9.76. The zero-order valence-corrected chi connectivity index (χ0v) is 27.1. The quantitative estimate of drug-likeness (QED) is 0.248. The molecule has 1 aromatic carbocycles. The molecule has 0 radical (unpaired) electrons. The third-order valence-electron chi connectivity index (χ3n) is 12.7. The number of ether oxygens (including phenoxy) is 3. The van der Waals surface area contributed by atoms with E-state index in [2.05, 4.69) is 36.9 Å². The highest BCUT2D eigenvalue weighted by Crippen LogP contribution is 2.67. The Hall–Kier alpha value is -1.69. The van der Waals surface area contributed by atoms with Gasteiger partial charge >= 0.3 is 0 Å². The van der Waals surface area contributed by atoms with Crippen molar-refractivity contribution in [2.24, 2.45) is 46.3 Å². The van der Waals surface area contributed by atoms with E-state index in [0.717, 1.165) is 55.0 Å². The van der Waals surface area contributed by atoms with Crippen LogP contribution in [0.4, 0.5) is 0 Å². The van der Waals surface area contributed by atoms with Crippen molar-refractivity contribution in [3.05, 3.63) is 47.5 Å². The SMILES string of the molecule is CC(C)CC1CCC2(C)C(CC=C3C2CCC2C4COCC32CCC4OCC2CCCN2)C1.O=COCc1ccccc1. The van der Waals surface area contributed by atoms with Gasteiger partial charge in [0.1, 0.15) is 6.61 Å². The third-order valence-corrected chi connectivity index (χ3v) is 12.7. The molecule has 2 aliphatic heterocycles. The number of carbonyl (C=O) groups excluding carboxylic acids is 1. The number of carbonyl (C=O) groups is 1. The van der Waals surface area contributed by atoms with E-state index in [1.165, 1.54) is 77.2 Å². The molecule has 1 N–H and O–H groups in total. The smallest absolute Gasteiger partial charge is 0.293 e. The van der Waals surface area contributed by atoms with Crippen molar-refractivity contribution in [2.75, 3.05) is 26.4 Å². The van der Waals surface area contributed by atoms with Crippen molar-refractivity contribution >= 4 is 6.47 Å². The zero-order chi connectivity index (χ0) is 29.9. The Balaban J connectivity index is 0.000000281. The molecule has 4 aliphatic carbocycles. The van der Waals surface area contributed by atoms with Gasteiger partial charge in [-0.25, -0.2) is 0 Å². The van der Waals surface area contributed by atoms with Gasteiger partial charge in [-0.05, 0) is 118 Å². The molecule has 7 rings (SSSR count). The highest BCUT2D eigenvalue weighted by molar-refractivity contribution is 5.37. The Kier molecular flexibility index (Phi) is 10.0. The standard InChI is InChI=1S/C30H49NO2.C8H8O2/c1-20(2)15-21-10-12-29(3)22(16-21)6-7-27-26(29)9-8-25-24-18-32-19-30(25,27)13-11-28(24)33-17-23-5-4-14-31-23;9-7-10-6-8-4-2-1-3-5-8/h7,20-26,28,31H,4-6,8-19H2,1-3H3;1-5,7H,6H2. The molecule has 238 valence electrons. The minimum atomic E-state index is 0.333. The van der Waals surface area contributed by atoms with Gasteiger partial charge in [-0.1, -0.05) is 62.8 Å². The number of allylic oxidation sites excluding steroid dienone is 1. The first kappa shape index (κ1) is 31.3. The fourth-order valence-corrected chi connectivity index (χ4v) is 10.6. The second-order valence-electron chi connectivity index (χ2n) is 15.5. The fourth-order valence-electron chi connectivity index (χ4n) is 10.6. The van der Waals surface area contributed by atoms with Gasteiger partial charge in [0.05, 0.1) is 25.9 Å². The molecule has 2 saturated heterocycles. The van der Waals surface area contributed by atoms with Gasteiger partial charge in [-0.2, -0.15) is 0 Å². The van der Waals surface area contributed by atoms with Crippen molar-refractivity contribution in [1.82, 2.24) is 5.32 Å². The van der Waals surface area contributed by atoms with Crippen LogP contribution in [-0.4, -0.2) is 45.0 Å². The van der Waals surface area contributed by atoms with Gasteiger partial charge in [0.2, 0.25) is 0 Å². The van der Waals surface area contributed by atoms with E-state index in [0.29, 0.717) is 42.0 Å². The summed E-state index contributed by atoms with van der Waals surface area (Å²) >= 11 is 0. The lowest BCUT2D eigenvalue weighted by molar-refractivity contribution is -0.182. The molecule has 9 unspecified atom stereocenters. The van der Waals surface area contributed by atoms with Gasteiger partial charge in [0.25, 0.3) is 6.47 Å². The Labute approximate surface area is 260 Å². The molecule has 5 nitrogen and oxygen atoms in total. The lowest BCUT2D eigenvalue weighted by Gasteiger charge is -2.64. The van der Waals surface area contributed by atoms with E-state index in [-0.39, 0.29) is 0 Å². The van der Waals surface area contributed by atoms with E-state index in [4.69, 9.17) is 9.47 Å². The first-order valence-corrected chi connectivity index (χ1v) is 17.7. The molecular formula is C38H57NO4. The van der Waals surface area contributed by atoms with Crippen LogP contribution in [0.15, 0.2) is 42.0 Å². The largest absolute Gasteiger partial charge is 0.463 e. The normalized spacial score (nSPS) is 39.8. The minimum absolute atomic E-state index is 0.333. The topological polar surface area (TPSA) is 56.8 Å². The van der Waals surface area contributed by atoms with E-state index < -0.39 is 0 Å². The van der Waals surface area contributed by atoms with Crippen molar-refractivity contribution in [2.45, 2.75) is 110 Å². The summed E-state index contributed by atoms with van der Waals surface area (Å²) in [5.74, 6) is 4.95. The van der Waals surface area contributed by atoms with Crippen LogP contribution < -0.4 is 5.32 Å². The molecule has 5 fully saturated rings. The molecule has 5 heteroatoms. The molecular weight excluding hydrogens is 534 g/mol. The lowest BCUT2D eigenvalue weighted by atomic mass is 9.43. The maximum Gasteiger partial charge on any atom is 0.293 e. The summed E-state index contributed by atoms with van der Waals surface area (Å²) in [7, 11) is 0. The molecule has 43 heavy (non-hydrogen) atoms. The number of nitrogens with one attached hydrogen (secondary N) is 1. The van der Waals surface area contributed by atoms with E-state index >= 15 is 0 Å². The highest BCUT2D eigenvalue weighted by Gasteiger charge is 2.61. The molecule has 6 aliphatic rings. The second kappa shape index (κ2) is 13.7. The van der Waals surface area contributed by atoms with Crippen LogP contribution in [0.5, 0.6) is 0 Å².